The molecule has 0 saturated heterocycles. The zero-order chi connectivity index (χ0) is 18.3. The number of carboxylic acids is 1. The Kier molecular flexibility index (Phi) is 4.21. The van der Waals surface area contributed by atoms with Crippen LogP contribution in [0.15, 0.2) is 30.6 Å². The molecule has 1 aliphatic heterocycles. The number of aliphatic hydroxyl groups excluding tert-OH is 1. The van der Waals surface area contributed by atoms with E-state index < -0.39 is 12.1 Å². The lowest BCUT2D eigenvalue weighted by atomic mass is 10.0. The van der Waals surface area contributed by atoms with E-state index in [2.05, 4.69) is 10.1 Å². The van der Waals surface area contributed by atoms with Crippen molar-refractivity contribution >= 4 is 17.3 Å². The van der Waals surface area contributed by atoms with Gasteiger partial charge in [-0.1, -0.05) is 6.07 Å². The molecule has 1 atom stereocenters. The van der Waals surface area contributed by atoms with Crippen molar-refractivity contribution in [2.24, 2.45) is 0 Å². The van der Waals surface area contributed by atoms with Crippen molar-refractivity contribution in [2.75, 3.05) is 6.61 Å². The highest BCUT2D eigenvalue weighted by Crippen LogP contribution is 2.39. The lowest BCUT2D eigenvalue weighted by molar-refractivity contribution is 0.0696. The maximum atomic E-state index is 11.3. The van der Waals surface area contributed by atoms with Gasteiger partial charge in [0, 0.05) is 28.6 Å². The van der Waals surface area contributed by atoms with Crippen LogP contribution in [-0.2, 0) is 13.0 Å². The Balaban J connectivity index is 1.77. The third-order valence-electron chi connectivity index (χ3n) is 4.12. The first-order valence-corrected chi connectivity index (χ1v) is 9.04. The Labute approximate surface area is 153 Å². The second-order valence-corrected chi connectivity index (χ2v) is 7.29. The number of aromatic nitrogens is 3. The average molecular weight is 371 g/mol. The molecule has 0 fully saturated rings. The van der Waals surface area contributed by atoms with Crippen molar-refractivity contribution in [2.45, 2.75) is 26.0 Å². The number of aromatic carboxylic acids is 1. The molecule has 2 N–H and O–H groups in total. The lowest BCUT2D eigenvalue weighted by Crippen LogP contribution is -2.11. The lowest BCUT2D eigenvalue weighted by Gasteiger charge is -2.08. The highest BCUT2D eigenvalue weighted by atomic mass is 32.1. The molecule has 0 unspecified atom stereocenters. The van der Waals surface area contributed by atoms with Crippen LogP contribution in [0.5, 0.6) is 5.75 Å². The number of hydrogen-bond donors (Lipinski definition) is 2. The zero-order valence-corrected chi connectivity index (χ0v) is 14.9. The van der Waals surface area contributed by atoms with Crippen LogP contribution in [0, 0.1) is 0 Å². The number of hydrogen-bond acceptors (Lipinski definition) is 6. The first-order valence-electron chi connectivity index (χ1n) is 8.22. The molecule has 134 valence electrons. The minimum atomic E-state index is -1.01. The monoisotopic (exact) mass is 371 g/mol. The summed E-state index contributed by atoms with van der Waals surface area (Å²) in [5, 5.41) is 23.1. The van der Waals surface area contributed by atoms with Crippen LogP contribution in [-0.4, -0.2) is 43.7 Å². The van der Waals surface area contributed by atoms with E-state index in [1.54, 1.807) is 17.8 Å². The molecule has 0 spiro atoms. The van der Waals surface area contributed by atoms with E-state index in [0.29, 0.717) is 31.0 Å². The minimum absolute atomic E-state index is 0.0954. The number of rotatable bonds is 4. The van der Waals surface area contributed by atoms with Crippen LogP contribution in [0.25, 0.3) is 22.4 Å². The topological polar surface area (TPSA) is 97.5 Å². The number of carboxylic acid groups (broad SMARTS) is 1. The van der Waals surface area contributed by atoms with E-state index in [0.717, 1.165) is 21.6 Å². The van der Waals surface area contributed by atoms with Gasteiger partial charge in [0.1, 0.15) is 5.75 Å². The third kappa shape index (κ3) is 3.09. The molecule has 2 aromatic heterocycles. The van der Waals surface area contributed by atoms with Gasteiger partial charge in [0.25, 0.3) is 0 Å². The maximum absolute atomic E-state index is 11.3. The Morgan fingerprint density at radius 1 is 1.42 bits per heavy atom. The van der Waals surface area contributed by atoms with Gasteiger partial charge in [-0.2, -0.15) is 5.10 Å². The summed E-state index contributed by atoms with van der Waals surface area (Å²) in [6, 6.07) is 5.78. The van der Waals surface area contributed by atoms with E-state index in [1.807, 2.05) is 24.4 Å². The summed E-state index contributed by atoms with van der Waals surface area (Å²) >= 11 is 1.20. The maximum Gasteiger partial charge on any atom is 0.365 e. The number of nitrogens with zero attached hydrogens (tertiary/aromatic N) is 3. The first kappa shape index (κ1) is 16.7. The van der Waals surface area contributed by atoms with Gasteiger partial charge in [0.2, 0.25) is 5.01 Å². The molecule has 4 rings (SSSR count). The van der Waals surface area contributed by atoms with Crippen LogP contribution in [0.3, 0.4) is 0 Å². The summed E-state index contributed by atoms with van der Waals surface area (Å²) in [6.45, 7) is 2.63. The first-order chi connectivity index (χ1) is 12.5. The molecule has 3 aromatic rings. The molecular weight excluding hydrogens is 354 g/mol. The molecule has 0 amide bonds. The van der Waals surface area contributed by atoms with Gasteiger partial charge in [-0.3, -0.25) is 4.68 Å². The summed E-state index contributed by atoms with van der Waals surface area (Å²) < 4.78 is 7.50. The standard InChI is InChI=1S/C18H17N3O4S/c1-10(22)8-21-9-12(7-19-21)11-2-3-14-13(6-11)16-15(4-5-25-14)26-17(20-16)18(23)24/h2-3,6-7,9-10,22H,4-5,8H2,1H3,(H,23,24)/t10-/m1/s1. The SMILES string of the molecule is C[C@@H](O)Cn1cc(-c2ccc3c(c2)-c2nc(C(=O)O)sc2CCO3)cn1. The molecule has 7 nitrogen and oxygen atoms in total. The summed E-state index contributed by atoms with van der Waals surface area (Å²) in [4.78, 5) is 16.5. The van der Waals surface area contributed by atoms with Crippen LogP contribution in [0.2, 0.25) is 0 Å². The number of carbonyl (C=O) groups is 1. The Bertz CT molecular complexity index is 977. The molecular formula is C18H17N3O4S. The number of fused-ring (bicyclic) bond motifs is 3. The Morgan fingerprint density at radius 2 is 2.27 bits per heavy atom. The number of aliphatic hydroxyl groups is 1. The quantitative estimate of drug-likeness (QED) is 0.732. The summed E-state index contributed by atoms with van der Waals surface area (Å²) in [5.74, 6) is -0.313. The summed E-state index contributed by atoms with van der Waals surface area (Å²) in [6.07, 6.45) is 3.77. The molecule has 0 aliphatic carbocycles. The van der Waals surface area contributed by atoms with Crippen LogP contribution in [0.1, 0.15) is 21.6 Å². The largest absolute Gasteiger partial charge is 0.493 e. The van der Waals surface area contributed by atoms with Gasteiger partial charge in [-0.25, -0.2) is 9.78 Å². The number of benzene rings is 1. The van der Waals surface area contributed by atoms with Gasteiger partial charge in [-0.05, 0) is 24.6 Å². The fourth-order valence-corrected chi connectivity index (χ4v) is 3.88. The fourth-order valence-electron chi connectivity index (χ4n) is 2.98. The average Bonchev–Trinajstić information content (AvgIpc) is 3.19. The molecule has 1 aromatic carbocycles. The van der Waals surface area contributed by atoms with Gasteiger partial charge < -0.3 is 14.9 Å². The fraction of sp³-hybridized carbons (Fsp3) is 0.278. The molecule has 0 radical (unpaired) electrons. The van der Waals surface area contributed by atoms with E-state index >= 15 is 0 Å². The Hall–Kier alpha value is -2.71. The molecule has 8 heteroatoms. The van der Waals surface area contributed by atoms with E-state index in [4.69, 9.17) is 4.74 Å². The van der Waals surface area contributed by atoms with Crippen molar-refractivity contribution in [1.82, 2.24) is 14.8 Å². The van der Waals surface area contributed by atoms with Crippen molar-refractivity contribution in [3.05, 3.63) is 40.5 Å². The van der Waals surface area contributed by atoms with Crippen molar-refractivity contribution < 1.29 is 19.7 Å². The van der Waals surface area contributed by atoms with Crippen molar-refractivity contribution in [1.29, 1.82) is 0 Å². The highest BCUT2D eigenvalue weighted by molar-refractivity contribution is 7.14. The van der Waals surface area contributed by atoms with Crippen LogP contribution in [0.4, 0.5) is 0 Å². The molecule has 0 saturated carbocycles. The smallest absolute Gasteiger partial charge is 0.365 e. The summed E-state index contributed by atoms with van der Waals surface area (Å²) in [7, 11) is 0. The minimum Gasteiger partial charge on any atom is -0.493 e. The van der Waals surface area contributed by atoms with E-state index in [9.17, 15) is 15.0 Å². The van der Waals surface area contributed by atoms with Gasteiger partial charge in [0.15, 0.2) is 0 Å². The molecule has 0 bridgehead atoms. The number of ether oxygens (including phenoxy) is 1. The van der Waals surface area contributed by atoms with Gasteiger partial charge in [-0.15, -0.1) is 11.3 Å². The second-order valence-electron chi connectivity index (χ2n) is 6.21. The molecule has 26 heavy (non-hydrogen) atoms. The van der Waals surface area contributed by atoms with Gasteiger partial charge in [0.05, 0.1) is 31.1 Å². The Morgan fingerprint density at radius 3 is 3.04 bits per heavy atom. The highest BCUT2D eigenvalue weighted by Gasteiger charge is 2.23. The predicted molar refractivity (Wildman–Crippen MR) is 96.6 cm³/mol. The predicted octanol–water partition coefficient (Wildman–Crippen LogP) is 2.69. The normalized spacial score (nSPS) is 14.1. The van der Waals surface area contributed by atoms with Gasteiger partial charge >= 0.3 is 5.97 Å². The van der Waals surface area contributed by atoms with Crippen molar-refractivity contribution in [3.8, 4) is 28.1 Å². The third-order valence-corrected chi connectivity index (χ3v) is 5.22. The summed E-state index contributed by atoms with van der Waals surface area (Å²) in [5.41, 5.74) is 3.31. The van der Waals surface area contributed by atoms with Crippen LogP contribution < -0.4 is 4.74 Å². The second kappa shape index (κ2) is 6.54. The van der Waals surface area contributed by atoms with Crippen molar-refractivity contribution in [3.63, 3.8) is 0 Å². The zero-order valence-electron chi connectivity index (χ0n) is 14.0. The van der Waals surface area contributed by atoms with Crippen LogP contribution >= 0.6 is 11.3 Å². The number of thiazole rings is 1. The van der Waals surface area contributed by atoms with E-state index in [1.165, 1.54) is 11.3 Å². The molecule has 1 aliphatic rings. The van der Waals surface area contributed by atoms with E-state index in [-0.39, 0.29) is 5.01 Å². The molecule has 3 heterocycles.